The molecule has 0 atom stereocenters. The van der Waals surface area contributed by atoms with Gasteiger partial charge in [0.1, 0.15) is 5.52 Å². The lowest BCUT2D eigenvalue weighted by molar-refractivity contribution is 0.232. The van der Waals surface area contributed by atoms with E-state index in [0.717, 1.165) is 23.1 Å². The molecule has 1 heterocycles. The van der Waals surface area contributed by atoms with Crippen LogP contribution in [0.4, 0.5) is 4.79 Å². The standard InChI is InChI=1S/C14H19N3O2/c1-14(2,3)17-13(18)15-7-6-10-4-5-12-11(8-10)16-9-19-12/h4-5,8-9H,6-7H2,1-3H3,(H2,15,17,18). The molecule has 2 amide bonds. The molecule has 2 rings (SSSR count). The highest BCUT2D eigenvalue weighted by atomic mass is 16.3. The molecule has 0 radical (unpaired) electrons. The molecule has 0 aliphatic carbocycles. The molecule has 1 aromatic heterocycles. The third-order valence-corrected chi connectivity index (χ3v) is 2.58. The van der Waals surface area contributed by atoms with Crippen LogP contribution in [0.5, 0.6) is 0 Å². The number of fused-ring (bicyclic) bond motifs is 1. The number of nitrogens with one attached hydrogen (secondary N) is 2. The molecule has 0 unspecified atom stereocenters. The van der Waals surface area contributed by atoms with E-state index in [2.05, 4.69) is 15.6 Å². The summed E-state index contributed by atoms with van der Waals surface area (Å²) in [5, 5.41) is 5.69. The third-order valence-electron chi connectivity index (χ3n) is 2.58. The Balaban J connectivity index is 1.83. The normalized spacial score (nSPS) is 11.5. The number of benzene rings is 1. The summed E-state index contributed by atoms with van der Waals surface area (Å²) in [6, 6.07) is 5.71. The van der Waals surface area contributed by atoms with Crippen LogP contribution in [0.1, 0.15) is 26.3 Å². The highest BCUT2D eigenvalue weighted by Gasteiger charge is 2.12. The summed E-state index contributed by atoms with van der Waals surface area (Å²) < 4.78 is 5.18. The summed E-state index contributed by atoms with van der Waals surface area (Å²) in [5.74, 6) is 0. The molecule has 0 bridgehead atoms. The molecule has 0 fully saturated rings. The summed E-state index contributed by atoms with van der Waals surface area (Å²) in [5.41, 5.74) is 2.53. The van der Waals surface area contributed by atoms with Gasteiger partial charge in [-0.3, -0.25) is 0 Å². The largest absolute Gasteiger partial charge is 0.443 e. The summed E-state index contributed by atoms with van der Waals surface area (Å²) in [6.07, 6.45) is 2.20. The Kier molecular flexibility index (Phi) is 3.74. The molecule has 2 N–H and O–H groups in total. The monoisotopic (exact) mass is 261 g/mol. The molecule has 102 valence electrons. The molecular weight excluding hydrogens is 242 g/mol. The van der Waals surface area contributed by atoms with Gasteiger partial charge in [0.05, 0.1) is 0 Å². The number of rotatable bonds is 3. The lowest BCUT2D eigenvalue weighted by atomic mass is 10.1. The SMILES string of the molecule is CC(C)(C)NC(=O)NCCc1ccc2ocnc2c1. The molecule has 0 saturated carbocycles. The van der Waals surface area contributed by atoms with Gasteiger partial charge in [-0.1, -0.05) is 6.07 Å². The maximum atomic E-state index is 11.6. The Morgan fingerprint density at radius 1 is 1.37 bits per heavy atom. The van der Waals surface area contributed by atoms with Gasteiger partial charge in [0.25, 0.3) is 0 Å². The van der Waals surface area contributed by atoms with Gasteiger partial charge in [-0.2, -0.15) is 0 Å². The molecule has 5 nitrogen and oxygen atoms in total. The second-order valence-corrected chi connectivity index (χ2v) is 5.54. The molecule has 19 heavy (non-hydrogen) atoms. The quantitative estimate of drug-likeness (QED) is 0.892. The number of hydrogen-bond acceptors (Lipinski definition) is 3. The molecule has 0 saturated heterocycles. The van der Waals surface area contributed by atoms with Gasteiger partial charge in [0.15, 0.2) is 12.0 Å². The fourth-order valence-electron chi connectivity index (χ4n) is 1.76. The second kappa shape index (κ2) is 5.30. The first-order valence-corrected chi connectivity index (χ1v) is 6.32. The number of hydrogen-bond donors (Lipinski definition) is 2. The number of oxazole rings is 1. The van der Waals surface area contributed by atoms with Crippen LogP contribution in [-0.4, -0.2) is 23.1 Å². The first-order valence-electron chi connectivity index (χ1n) is 6.32. The Labute approximate surface area is 112 Å². The Morgan fingerprint density at radius 3 is 2.89 bits per heavy atom. The van der Waals surface area contributed by atoms with E-state index in [1.54, 1.807) is 0 Å². The number of aromatic nitrogens is 1. The average Bonchev–Trinajstić information content (AvgIpc) is 2.73. The van der Waals surface area contributed by atoms with Crippen molar-refractivity contribution in [3.63, 3.8) is 0 Å². The van der Waals surface area contributed by atoms with Gasteiger partial charge in [-0.15, -0.1) is 0 Å². The van der Waals surface area contributed by atoms with Crippen molar-refractivity contribution < 1.29 is 9.21 Å². The van der Waals surface area contributed by atoms with E-state index in [9.17, 15) is 4.79 Å². The van der Waals surface area contributed by atoms with Crippen molar-refractivity contribution in [1.82, 2.24) is 15.6 Å². The summed E-state index contributed by atoms with van der Waals surface area (Å²) in [6.45, 7) is 6.44. The van der Waals surface area contributed by atoms with Crippen LogP contribution >= 0.6 is 0 Å². The van der Waals surface area contributed by atoms with E-state index in [1.165, 1.54) is 6.39 Å². The summed E-state index contributed by atoms with van der Waals surface area (Å²) in [4.78, 5) is 15.7. The smallest absolute Gasteiger partial charge is 0.315 e. The van der Waals surface area contributed by atoms with Crippen molar-refractivity contribution in [2.45, 2.75) is 32.7 Å². The molecule has 0 aliphatic rings. The molecular formula is C14H19N3O2. The van der Waals surface area contributed by atoms with Gasteiger partial charge >= 0.3 is 6.03 Å². The predicted molar refractivity (Wildman–Crippen MR) is 74.0 cm³/mol. The molecule has 0 spiro atoms. The van der Waals surface area contributed by atoms with Crippen LogP contribution in [-0.2, 0) is 6.42 Å². The van der Waals surface area contributed by atoms with Crippen LogP contribution in [0.3, 0.4) is 0 Å². The number of carbonyl (C=O) groups excluding carboxylic acids is 1. The van der Waals surface area contributed by atoms with Crippen LogP contribution in [0.2, 0.25) is 0 Å². The van der Waals surface area contributed by atoms with E-state index in [0.29, 0.717) is 6.54 Å². The number of nitrogens with zero attached hydrogens (tertiary/aromatic N) is 1. The van der Waals surface area contributed by atoms with Crippen LogP contribution < -0.4 is 10.6 Å². The van der Waals surface area contributed by atoms with Crippen molar-refractivity contribution in [2.75, 3.05) is 6.54 Å². The molecule has 0 aliphatic heterocycles. The van der Waals surface area contributed by atoms with Crippen LogP contribution in [0.15, 0.2) is 29.0 Å². The van der Waals surface area contributed by atoms with Gasteiger partial charge in [-0.05, 0) is 44.9 Å². The lowest BCUT2D eigenvalue weighted by Gasteiger charge is -2.20. The topological polar surface area (TPSA) is 67.2 Å². The number of amides is 2. The van der Waals surface area contributed by atoms with Crippen LogP contribution in [0, 0.1) is 0 Å². The van der Waals surface area contributed by atoms with E-state index >= 15 is 0 Å². The van der Waals surface area contributed by atoms with Gasteiger partial charge in [0, 0.05) is 12.1 Å². The van der Waals surface area contributed by atoms with E-state index in [4.69, 9.17) is 4.42 Å². The molecule has 2 aromatic rings. The fraction of sp³-hybridized carbons (Fsp3) is 0.429. The van der Waals surface area contributed by atoms with Crippen molar-refractivity contribution >= 4 is 17.1 Å². The maximum Gasteiger partial charge on any atom is 0.315 e. The van der Waals surface area contributed by atoms with E-state index < -0.39 is 0 Å². The summed E-state index contributed by atoms with van der Waals surface area (Å²) >= 11 is 0. The predicted octanol–water partition coefficient (Wildman–Crippen LogP) is 2.47. The zero-order valence-electron chi connectivity index (χ0n) is 11.5. The van der Waals surface area contributed by atoms with Gasteiger partial charge in [0.2, 0.25) is 0 Å². The minimum atomic E-state index is -0.219. The minimum absolute atomic E-state index is 0.144. The zero-order chi connectivity index (χ0) is 13.9. The molecule has 1 aromatic carbocycles. The first-order chi connectivity index (χ1) is 8.94. The van der Waals surface area contributed by atoms with Crippen molar-refractivity contribution in [1.29, 1.82) is 0 Å². The van der Waals surface area contributed by atoms with E-state index in [1.807, 2.05) is 39.0 Å². The first kappa shape index (κ1) is 13.4. The van der Waals surface area contributed by atoms with Gasteiger partial charge < -0.3 is 15.1 Å². The maximum absolute atomic E-state index is 11.6. The zero-order valence-corrected chi connectivity index (χ0v) is 11.5. The fourth-order valence-corrected chi connectivity index (χ4v) is 1.76. The Morgan fingerprint density at radius 2 is 2.16 bits per heavy atom. The molecule has 5 heteroatoms. The van der Waals surface area contributed by atoms with E-state index in [-0.39, 0.29) is 11.6 Å². The van der Waals surface area contributed by atoms with Crippen molar-refractivity contribution in [3.05, 3.63) is 30.2 Å². The highest BCUT2D eigenvalue weighted by molar-refractivity contribution is 5.75. The second-order valence-electron chi connectivity index (χ2n) is 5.54. The van der Waals surface area contributed by atoms with Crippen molar-refractivity contribution in [2.24, 2.45) is 0 Å². The van der Waals surface area contributed by atoms with Crippen LogP contribution in [0.25, 0.3) is 11.1 Å². The lowest BCUT2D eigenvalue weighted by Crippen LogP contribution is -2.46. The number of carbonyl (C=O) groups is 1. The highest BCUT2D eigenvalue weighted by Crippen LogP contribution is 2.14. The average molecular weight is 261 g/mol. The Hall–Kier alpha value is -2.04. The van der Waals surface area contributed by atoms with Crippen molar-refractivity contribution in [3.8, 4) is 0 Å². The number of urea groups is 1. The summed E-state index contributed by atoms with van der Waals surface area (Å²) in [7, 11) is 0. The Bertz CT molecular complexity index is 569. The third kappa shape index (κ3) is 3.98. The van der Waals surface area contributed by atoms with Gasteiger partial charge in [-0.25, -0.2) is 9.78 Å². The minimum Gasteiger partial charge on any atom is -0.443 e.